The van der Waals surface area contributed by atoms with Crippen LogP contribution in [-0.4, -0.2) is 26.0 Å². The lowest BCUT2D eigenvalue weighted by atomic mass is 9.68. The van der Waals surface area contributed by atoms with E-state index < -0.39 is 11.9 Å². The molecule has 35 heavy (non-hydrogen) atoms. The molecule has 0 fully saturated rings. The smallest absolute Gasteiger partial charge is 0.336 e. The van der Waals surface area contributed by atoms with Crippen molar-refractivity contribution in [2.24, 2.45) is 5.41 Å². The van der Waals surface area contributed by atoms with Gasteiger partial charge in [0.15, 0.2) is 5.78 Å². The molecular weight excluding hydrogens is 466 g/mol. The minimum absolute atomic E-state index is 0.0346. The van der Waals surface area contributed by atoms with Crippen LogP contribution in [0.3, 0.4) is 0 Å². The lowest BCUT2D eigenvalue weighted by Crippen LogP contribution is -2.38. The first kappa shape index (κ1) is 24.9. The Kier molecular flexibility index (Phi) is 6.95. The summed E-state index contributed by atoms with van der Waals surface area (Å²) in [4.78, 5) is 26.3. The largest absolute Gasteiger partial charge is 0.496 e. The molecule has 2 aromatic rings. The van der Waals surface area contributed by atoms with Crippen LogP contribution in [0.4, 0.5) is 0 Å². The van der Waals surface area contributed by atoms with Gasteiger partial charge in [0.1, 0.15) is 18.1 Å². The van der Waals surface area contributed by atoms with Gasteiger partial charge in [-0.25, -0.2) is 4.79 Å². The molecule has 0 radical (unpaired) electrons. The highest BCUT2D eigenvalue weighted by Gasteiger charge is 2.43. The summed E-state index contributed by atoms with van der Waals surface area (Å²) >= 11 is 6.25. The molecular formula is C28H30ClNO5. The fourth-order valence-electron chi connectivity index (χ4n) is 4.96. The molecule has 0 amide bonds. The summed E-state index contributed by atoms with van der Waals surface area (Å²) in [5.74, 6) is 0.220. The Balaban J connectivity index is 1.80. The topological polar surface area (TPSA) is 73.9 Å². The Morgan fingerprint density at radius 3 is 2.54 bits per heavy atom. The molecule has 1 aliphatic heterocycles. The van der Waals surface area contributed by atoms with E-state index in [1.54, 1.807) is 19.2 Å². The van der Waals surface area contributed by atoms with Crippen molar-refractivity contribution in [2.75, 3.05) is 14.2 Å². The third kappa shape index (κ3) is 4.94. The summed E-state index contributed by atoms with van der Waals surface area (Å²) in [6.45, 7) is 6.21. The molecule has 2 aliphatic rings. The Morgan fingerprint density at radius 2 is 1.86 bits per heavy atom. The molecule has 0 aromatic heterocycles. The average Bonchev–Trinajstić information content (AvgIpc) is 2.81. The van der Waals surface area contributed by atoms with Crippen LogP contribution in [0.25, 0.3) is 0 Å². The lowest BCUT2D eigenvalue weighted by molar-refractivity contribution is -0.136. The van der Waals surface area contributed by atoms with Gasteiger partial charge in [-0.15, -0.1) is 0 Å². The van der Waals surface area contributed by atoms with Crippen LogP contribution in [0.2, 0.25) is 5.02 Å². The van der Waals surface area contributed by atoms with E-state index in [4.69, 9.17) is 25.8 Å². The van der Waals surface area contributed by atoms with Gasteiger partial charge in [0.2, 0.25) is 0 Å². The van der Waals surface area contributed by atoms with Crippen molar-refractivity contribution in [1.29, 1.82) is 0 Å². The molecule has 1 aliphatic carbocycles. The number of ketones is 1. The van der Waals surface area contributed by atoms with Crippen molar-refractivity contribution in [3.63, 3.8) is 0 Å². The monoisotopic (exact) mass is 495 g/mol. The number of rotatable bonds is 6. The second-order valence-corrected chi connectivity index (χ2v) is 10.1. The van der Waals surface area contributed by atoms with E-state index in [-0.39, 0.29) is 17.8 Å². The van der Waals surface area contributed by atoms with Crippen molar-refractivity contribution in [2.45, 2.75) is 46.1 Å². The van der Waals surface area contributed by atoms with E-state index in [0.29, 0.717) is 39.8 Å². The molecule has 6 nitrogen and oxygen atoms in total. The van der Waals surface area contributed by atoms with Gasteiger partial charge in [-0.3, -0.25) is 4.79 Å². The zero-order valence-electron chi connectivity index (χ0n) is 20.7. The number of esters is 1. The number of hydrogen-bond acceptors (Lipinski definition) is 6. The van der Waals surface area contributed by atoms with Crippen LogP contribution in [0.5, 0.6) is 11.5 Å². The second-order valence-electron chi connectivity index (χ2n) is 9.71. The van der Waals surface area contributed by atoms with Crippen LogP contribution in [0, 0.1) is 5.41 Å². The lowest BCUT2D eigenvalue weighted by Gasteiger charge is -2.39. The number of Topliss-reactive ketones (excluding diaryl/α,β-unsaturated/α-hetero) is 1. The maximum atomic E-state index is 13.4. The first-order valence-corrected chi connectivity index (χ1v) is 11.9. The number of para-hydroxylation sites is 1. The number of carbonyl (C=O) groups excluding carboxylic acids is 2. The second kappa shape index (κ2) is 9.78. The van der Waals surface area contributed by atoms with Crippen molar-refractivity contribution in [3.8, 4) is 11.5 Å². The summed E-state index contributed by atoms with van der Waals surface area (Å²) < 4.78 is 16.7. The number of ether oxygens (including phenoxy) is 3. The number of allylic oxidation sites excluding steroid dienone is 3. The van der Waals surface area contributed by atoms with Crippen molar-refractivity contribution in [1.82, 2.24) is 5.32 Å². The minimum Gasteiger partial charge on any atom is -0.496 e. The Morgan fingerprint density at radius 1 is 1.11 bits per heavy atom. The third-order valence-corrected chi connectivity index (χ3v) is 6.81. The van der Waals surface area contributed by atoms with E-state index >= 15 is 0 Å². The molecule has 0 spiro atoms. The highest BCUT2D eigenvalue weighted by molar-refractivity contribution is 6.32. The van der Waals surface area contributed by atoms with Crippen LogP contribution >= 0.6 is 11.6 Å². The van der Waals surface area contributed by atoms with Crippen LogP contribution < -0.4 is 14.8 Å². The SMILES string of the molecule is COC(=O)C1=C(C)NC2=C(C(=O)CC(C)(C)C2)[C@H]1c1ccc(OC)c(COc2ccccc2Cl)c1. The number of halogens is 1. The standard InChI is InChI=1S/C28H30ClNO5/c1-16-24(27(32)34-5)25(26-20(30-16)13-28(2,3)14-21(26)31)17-10-11-22(33-4)18(12-17)15-35-23-9-7-6-8-19(23)29/h6-12,25,30H,13-15H2,1-5H3/t25-/m0/s1. The van der Waals surface area contributed by atoms with Crippen molar-refractivity contribution in [3.05, 3.63) is 81.2 Å². The number of methoxy groups -OCH3 is 2. The van der Waals surface area contributed by atoms with E-state index in [2.05, 4.69) is 19.2 Å². The third-order valence-electron chi connectivity index (χ3n) is 6.50. The normalized spacial score (nSPS) is 19.1. The molecule has 1 atom stereocenters. The Hall–Kier alpha value is -3.25. The van der Waals surface area contributed by atoms with Crippen molar-refractivity contribution >= 4 is 23.4 Å². The summed E-state index contributed by atoms with van der Waals surface area (Å²) in [5.41, 5.74) is 4.02. The number of benzene rings is 2. The summed E-state index contributed by atoms with van der Waals surface area (Å²) in [6.07, 6.45) is 1.13. The van der Waals surface area contributed by atoms with Crippen LogP contribution in [0.15, 0.2) is 65.0 Å². The molecule has 1 heterocycles. The van der Waals surface area contributed by atoms with Gasteiger partial charge in [-0.05, 0) is 48.6 Å². The maximum absolute atomic E-state index is 13.4. The van der Waals surface area contributed by atoms with Gasteiger partial charge < -0.3 is 19.5 Å². The Labute approximate surface area is 210 Å². The molecule has 7 heteroatoms. The van der Waals surface area contributed by atoms with Crippen LogP contribution in [-0.2, 0) is 20.9 Å². The van der Waals surface area contributed by atoms with Gasteiger partial charge >= 0.3 is 5.97 Å². The summed E-state index contributed by atoms with van der Waals surface area (Å²) in [7, 11) is 2.95. The van der Waals surface area contributed by atoms with E-state index in [9.17, 15) is 9.59 Å². The van der Waals surface area contributed by atoms with Gasteiger partial charge in [-0.2, -0.15) is 0 Å². The molecule has 2 aromatic carbocycles. The number of hydrogen-bond donors (Lipinski definition) is 1. The first-order valence-electron chi connectivity index (χ1n) is 11.5. The molecule has 0 saturated carbocycles. The highest BCUT2D eigenvalue weighted by atomic mass is 35.5. The first-order chi connectivity index (χ1) is 16.6. The van der Waals surface area contributed by atoms with Gasteiger partial charge in [0.05, 0.1) is 24.8 Å². The number of dihydropyridines is 1. The van der Waals surface area contributed by atoms with Crippen molar-refractivity contribution < 1.29 is 23.8 Å². The fourth-order valence-corrected chi connectivity index (χ4v) is 5.15. The molecule has 184 valence electrons. The molecule has 4 rings (SSSR count). The predicted molar refractivity (Wildman–Crippen MR) is 134 cm³/mol. The molecule has 0 saturated heterocycles. The van der Waals surface area contributed by atoms with Gasteiger partial charge in [0, 0.05) is 34.9 Å². The maximum Gasteiger partial charge on any atom is 0.336 e. The van der Waals surface area contributed by atoms with E-state index in [1.807, 2.05) is 37.3 Å². The highest BCUT2D eigenvalue weighted by Crippen LogP contribution is 2.47. The van der Waals surface area contributed by atoms with E-state index in [0.717, 1.165) is 23.2 Å². The Bertz CT molecular complexity index is 1240. The zero-order chi connectivity index (χ0) is 25.3. The fraction of sp³-hybridized carbons (Fsp3) is 0.357. The molecule has 0 bridgehead atoms. The molecule has 0 unspecified atom stereocenters. The van der Waals surface area contributed by atoms with Gasteiger partial charge in [0.25, 0.3) is 0 Å². The zero-order valence-corrected chi connectivity index (χ0v) is 21.4. The summed E-state index contributed by atoms with van der Waals surface area (Å²) in [5, 5.41) is 3.84. The predicted octanol–water partition coefficient (Wildman–Crippen LogP) is 5.70. The minimum atomic E-state index is -0.549. The van der Waals surface area contributed by atoms with E-state index in [1.165, 1.54) is 7.11 Å². The summed E-state index contributed by atoms with van der Waals surface area (Å²) in [6, 6.07) is 12.9. The quantitative estimate of drug-likeness (QED) is 0.518. The number of carbonyl (C=O) groups is 2. The average molecular weight is 496 g/mol. The van der Waals surface area contributed by atoms with Gasteiger partial charge in [-0.1, -0.05) is 43.6 Å². The molecule has 1 N–H and O–H groups in total. The van der Waals surface area contributed by atoms with Crippen LogP contribution in [0.1, 0.15) is 50.7 Å². The number of nitrogens with one attached hydrogen (secondary N) is 1.